The van der Waals surface area contributed by atoms with Gasteiger partial charge < -0.3 is 10.1 Å². The molecule has 1 aromatic rings. The normalized spacial score (nSPS) is 27.4. The fourth-order valence-electron chi connectivity index (χ4n) is 4.22. The molecule has 2 atom stereocenters. The third kappa shape index (κ3) is 2.68. The molecule has 0 amide bonds. The number of ether oxygens (including phenoxy) is 1. The molecule has 0 radical (unpaired) electrons. The number of hydrogen-bond donors (Lipinski definition) is 1. The van der Waals surface area contributed by atoms with E-state index >= 15 is 0 Å². The van der Waals surface area contributed by atoms with Gasteiger partial charge in [-0.05, 0) is 50.8 Å². The lowest BCUT2D eigenvalue weighted by molar-refractivity contribution is -0.134. The van der Waals surface area contributed by atoms with E-state index in [0.717, 1.165) is 23.6 Å². The molecular weight excluding hydrogens is 282 g/mol. The van der Waals surface area contributed by atoms with Crippen LogP contribution in [0.2, 0.25) is 5.02 Å². The second-order valence-corrected chi connectivity index (χ2v) is 6.99. The van der Waals surface area contributed by atoms with Gasteiger partial charge in [-0.25, -0.2) is 0 Å². The van der Waals surface area contributed by atoms with Crippen LogP contribution in [-0.4, -0.2) is 18.8 Å². The minimum atomic E-state index is 0.350. The first-order valence-electron chi connectivity index (χ1n) is 8.30. The second kappa shape index (κ2) is 6.18. The molecule has 1 aromatic carbocycles. The van der Waals surface area contributed by atoms with E-state index in [1.807, 2.05) is 12.1 Å². The van der Waals surface area contributed by atoms with Crippen molar-refractivity contribution in [3.05, 3.63) is 28.8 Å². The molecule has 2 fully saturated rings. The minimum Gasteiger partial charge on any atom is -0.381 e. The van der Waals surface area contributed by atoms with Crippen molar-refractivity contribution in [3.63, 3.8) is 0 Å². The zero-order valence-corrected chi connectivity index (χ0v) is 13.9. The lowest BCUT2D eigenvalue weighted by Gasteiger charge is -2.58. The fraction of sp³-hybridized carbons (Fsp3) is 0.667. The largest absolute Gasteiger partial charge is 0.381 e. The van der Waals surface area contributed by atoms with Crippen molar-refractivity contribution in [1.29, 1.82) is 0 Å². The summed E-state index contributed by atoms with van der Waals surface area (Å²) in [5.41, 5.74) is 2.70. The van der Waals surface area contributed by atoms with Crippen molar-refractivity contribution >= 4 is 17.3 Å². The molecule has 1 spiro atoms. The highest BCUT2D eigenvalue weighted by molar-refractivity contribution is 6.31. The first-order chi connectivity index (χ1) is 10.2. The van der Waals surface area contributed by atoms with E-state index in [2.05, 4.69) is 25.2 Å². The summed E-state index contributed by atoms with van der Waals surface area (Å²) in [6.07, 6.45) is 8.24. The van der Waals surface area contributed by atoms with Crippen molar-refractivity contribution in [2.24, 2.45) is 5.41 Å². The topological polar surface area (TPSA) is 21.3 Å². The van der Waals surface area contributed by atoms with Crippen LogP contribution in [0.1, 0.15) is 51.0 Å². The van der Waals surface area contributed by atoms with Crippen molar-refractivity contribution in [1.82, 2.24) is 0 Å². The summed E-state index contributed by atoms with van der Waals surface area (Å²) in [6.45, 7) is 5.03. The summed E-state index contributed by atoms with van der Waals surface area (Å²) in [4.78, 5) is 0. The molecule has 2 unspecified atom stereocenters. The van der Waals surface area contributed by atoms with E-state index in [1.165, 1.54) is 37.8 Å². The molecule has 0 saturated heterocycles. The van der Waals surface area contributed by atoms with Gasteiger partial charge in [0.1, 0.15) is 0 Å². The predicted octanol–water partition coefficient (Wildman–Crippen LogP) is 5.19. The molecule has 2 aliphatic carbocycles. The fourth-order valence-corrected chi connectivity index (χ4v) is 4.39. The van der Waals surface area contributed by atoms with Crippen molar-refractivity contribution in [2.45, 2.75) is 64.5 Å². The highest BCUT2D eigenvalue weighted by atomic mass is 35.5. The molecule has 0 aliphatic heterocycles. The standard InChI is InChI=1S/C18H26ClNO/c1-3-21-17-12-16(18(17)10-5-4-6-11-18)20-15-9-7-8-14(19)13(15)2/h7-9,16-17,20H,3-6,10-12H2,1-2H3. The first-order valence-corrected chi connectivity index (χ1v) is 8.68. The molecule has 3 rings (SSSR count). The monoisotopic (exact) mass is 307 g/mol. The molecule has 0 aromatic heterocycles. The van der Waals surface area contributed by atoms with Gasteiger partial charge in [-0.2, -0.15) is 0 Å². The van der Waals surface area contributed by atoms with Crippen LogP contribution in [-0.2, 0) is 4.74 Å². The Morgan fingerprint density at radius 1 is 1.29 bits per heavy atom. The third-order valence-electron chi connectivity index (χ3n) is 5.53. The maximum atomic E-state index is 6.25. The summed E-state index contributed by atoms with van der Waals surface area (Å²) in [5, 5.41) is 4.62. The smallest absolute Gasteiger partial charge is 0.0670 e. The number of nitrogens with one attached hydrogen (secondary N) is 1. The Morgan fingerprint density at radius 2 is 2.05 bits per heavy atom. The zero-order valence-electron chi connectivity index (χ0n) is 13.1. The lowest BCUT2D eigenvalue weighted by atomic mass is 9.55. The van der Waals surface area contributed by atoms with Gasteiger partial charge in [0.25, 0.3) is 0 Å². The quantitative estimate of drug-likeness (QED) is 0.826. The van der Waals surface area contributed by atoms with E-state index in [0.29, 0.717) is 17.6 Å². The van der Waals surface area contributed by atoms with E-state index in [4.69, 9.17) is 16.3 Å². The van der Waals surface area contributed by atoms with E-state index in [9.17, 15) is 0 Å². The number of benzene rings is 1. The Labute approximate surface area is 133 Å². The van der Waals surface area contributed by atoms with Crippen LogP contribution in [0.25, 0.3) is 0 Å². The molecule has 2 saturated carbocycles. The lowest BCUT2D eigenvalue weighted by Crippen LogP contribution is -2.62. The molecule has 0 heterocycles. The predicted molar refractivity (Wildman–Crippen MR) is 89.1 cm³/mol. The van der Waals surface area contributed by atoms with Gasteiger partial charge in [-0.15, -0.1) is 0 Å². The summed E-state index contributed by atoms with van der Waals surface area (Å²) in [6, 6.07) is 6.67. The van der Waals surface area contributed by atoms with Gasteiger partial charge in [0.2, 0.25) is 0 Å². The molecule has 0 bridgehead atoms. The summed E-state index contributed by atoms with van der Waals surface area (Å²) < 4.78 is 6.03. The summed E-state index contributed by atoms with van der Waals surface area (Å²) in [7, 11) is 0. The van der Waals surface area contributed by atoms with Gasteiger partial charge in [0.15, 0.2) is 0 Å². The van der Waals surface area contributed by atoms with Gasteiger partial charge in [0, 0.05) is 28.8 Å². The van der Waals surface area contributed by atoms with Crippen molar-refractivity contribution < 1.29 is 4.74 Å². The molecule has 21 heavy (non-hydrogen) atoms. The number of rotatable bonds is 4. The highest BCUT2D eigenvalue weighted by Crippen LogP contribution is 2.54. The Balaban J connectivity index is 1.77. The van der Waals surface area contributed by atoms with E-state index in [1.54, 1.807) is 0 Å². The maximum Gasteiger partial charge on any atom is 0.0670 e. The van der Waals surface area contributed by atoms with Gasteiger partial charge >= 0.3 is 0 Å². The van der Waals surface area contributed by atoms with Crippen LogP contribution in [0.3, 0.4) is 0 Å². The second-order valence-electron chi connectivity index (χ2n) is 6.58. The Bertz CT molecular complexity index is 496. The maximum absolute atomic E-state index is 6.25. The Kier molecular flexibility index (Phi) is 4.46. The van der Waals surface area contributed by atoms with Gasteiger partial charge in [-0.3, -0.25) is 0 Å². The van der Waals surface area contributed by atoms with Crippen LogP contribution in [0.5, 0.6) is 0 Å². The van der Waals surface area contributed by atoms with Crippen LogP contribution in [0.15, 0.2) is 18.2 Å². The Hall–Kier alpha value is -0.730. The molecule has 2 nitrogen and oxygen atoms in total. The number of halogens is 1. The first kappa shape index (κ1) is 15.2. The Morgan fingerprint density at radius 3 is 2.76 bits per heavy atom. The van der Waals surface area contributed by atoms with E-state index in [-0.39, 0.29) is 0 Å². The molecule has 2 aliphatic rings. The SMILES string of the molecule is CCOC1CC(Nc2cccc(Cl)c2C)C12CCCCC2. The molecule has 1 N–H and O–H groups in total. The molecule has 3 heteroatoms. The highest BCUT2D eigenvalue weighted by Gasteiger charge is 2.55. The average molecular weight is 308 g/mol. The summed E-state index contributed by atoms with van der Waals surface area (Å²) in [5.74, 6) is 0. The molecule has 116 valence electrons. The van der Waals surface area contributed by atoms with Crippen LogP contribution in [0.4, 0.5) is 5.69 Å². The van der Waals surface area contributed by atoms with Crippen molar-refractivity contribution in [3.8, 4) is 0 Å². The van der Waals surface area contributed by atoms with Crippen LogP contribution >= 0.6 is 11.6 Å². The van der Waals surface area contributed by atoms with Crippen LogP contribution in [0, 0.1) is 12.3 Å². The van der Waals surface area contributed by atoms with E-state index < -0.39 is 0 Å². The minimum absolute atomic E-state index is 0.350. The molecular formula is C18H26ClNO. The number of anilines is 1. The number of hydrogen-bond acceptors (Lipinski definition) is 2. The van der Waals surface area contributed by atoms with Gasteiger partial charge in [-0.1, -0.05) is 36.9 Å². The average Bonchev–Trinajstić information content (AvgIpc) is 2.51. The third-order valence-corrected chi connectivity index (χ3v) is 5.94. The zero-order chi connectivity index (χ0) is 14.9. The summed E-state index contributed by atoms with van der Waals surface area (Å²) >= 11 is 6.25. The van der Waals surface area contributed by atoms with Crippen molar-refractivity contribution in [2.75, 3.05) is 11.9 Å². The van der Waals surface area contributed by atoms with Crippen LogP contribution < -0.4 is 5.32 Å². The van der Waals surface area contributed by atoms with Gasteiger partial charge in [0.05, 0.1) is 6.10 Å².